The molecule has 0 atom stereocenters. The lowest BCUT2D eigenvalue weighted by Crippen LogP contribution is -2.28. The van der Waals surface area contributed by atoms with E-state index in [4.69, 9.17) is 9.72 Å². The monoisotopic (exact) mass is 417 g/mol. The highest BCUT2D eigenvalue weighted by atomic mass is 16.5. The number of rotatable bonds is 6. The first-order chi connectivity index (χ1) is 15.0. The van der Waals surface area contributed by atoms with E-state index < -0.39 is 5.97 Å². The molecule has 0 saturated carbocycles. The fraction of sp³-hybridized carbons (Fsp3) is 0.320. The summed E-state index contributed by atoms with van der Waals surface area (Å²) in [6, 6.07) is 15.6. The molecule has 0 saturated heterocycles. The molecule has 160 valence electrons. The van der Waals surface area contributed by atoms with Gasteiger partial charge in [0, 0.05) is 37.4 Å². The Balaban J connectivity index is 1.42. The number of amides is 1. The van der Waals surface area contributed by atoms with Gasteiger partial charge in [-0.25, -0.2) is 4.79 Å². The van der Waals surface area contributed by atoms with Gasteiger partial charge in [-0.3, -0.25) is 9.78 Å². The van der Waals surface area contributed by atoms with Crippen LogP contribution in [0.1, 0.15) is 40.0 Å². The van der Waals surface area contributed by atoms with Crippen molar-refractivity contribution in [3.63, 3.8) is 0 Å². The molecule has 0 radical (unpaired) electrons. The number of para-hydroxylation sites is 1. The minimum absolute atomic E-state index is 0.306. The molecule has 0 aliphatic heterocycles. The van der Waals surface area contributed by atoms with Crippen molar-refractivity contribution < 1.29 is 14.3 Å². The molecule has 1 aliphatic rings. The predicted octanol–water partition coefficient (Wildman–Crippen LogP) is 3.65. The summed E-state index contributed by atoms with van der Waals surface area (Å²) in [6.45, 7) is 0.0811. The molecule has 4 rings (SSSR count). The predicted molar refractivity (Wildman–Crippen MR) is 121 cm³/mol. The summed E-state index contributed by atoms with van der Waals surface area (Å²) in [6.07, 6.45) is 3.78. The van der Waals surface area contributed by atoms with E-state index in [1.165, 1.54) is 0 Å². The lowest BCUT2D eigenvalue weighted by molar-refractivity contribution is -0.124. The molecule has 1 aliphatic carbocycles. The standard InChI is InChI=1S/C25H27N3O3/c1-28(2)18-13-11-17(12-14-18)15-26-23(29)16-31-25(30)24-19-7-3-5-9-21(19)27-22-10-6-4-8-20(22)24/h3,5,7,9,11-14H,4,6,8,10,15-16H2,1-2H3,(H,26,29). The number of pyridine rings is 1. The van der Waals surface area contributed by atoms with Gasteiger partial charge in [0.1, 0.15) is 0 Å². The molecule has 6 heteroatoms. The Morgan fingerprint density at radius 2 is 1.77 bits per heavy atom. The number of ether oxygens (including phenoxy) is 1. The van der Waals surface area contributed by atoms with Crippen molar-refractivity contribution in [2.75, 3.05) is 25.6 Å². The van der Waals surface area contributed by atoms with Crippen LogP contribution in [0, 0.1) is 0 Å². The number of nitrogens with one attached hydrogen (secondary N) is 1. The SMILES string of the molecule is CN(C)c1ccc(CNC(=O)COC(=O)c2c3c(nc4ccccc24)CCCC3)cc1. The van der Waals surface area contributed by atoms with Crippen LogP contribution in [0.4, 0.5) is 5.69 Å². The number of fused-ring (bicyclic) bond motifs is 2. The number of esters is 1. The minimum atomic E-state index is -0.456. The Bertz CT molecular complexity index is 1110. The fourth-order valence-corrected chi connectivity index (χ4v) is 3.97. The molecular weight excluding hydrogens is 390 g/mol. The van der Waals surface area contributed by atoms with Gasteiger partial charge >= 0.3 is 5.97 Å². The van der Waals surface area contributed by atoms with Crippen LogP contribution in [0.5, 0.6) is 0 Å². The average Bonchev–Trinajstić information content (AvgIpc) is 2.79. The fourth-order valence-electron chi connectivity index (χ4n) is 3.97. The third-order valence-electron chi connectivity index (χ3n) is 5.65. The number of aryl methyl sites for hydroxylation is 1. The molecule has 1 N–H and O–H groups in total. The molecule has 0 spiro atoms. The van der Waals surface area contributed by atoms with E-state index in [1.54, 1.807) is 0 Å². The summed E-state index contributed by atoms with van der Waals surface area (Å²) in [7, 11) is 3.96. The topological polar surface area (TPSA) is 71.5 Å². The minimum Gasteiger partial charge on any atom is -0.452 e. The smallest absolute Gasteiger partial charge is 0.339 e. The summed E-state index contributed by atoms with van der Waals surface area (Å²) in [4.78, 5) is 32.0. The van der Waals surface area contributed by atoms with Crippen molar-refractivity contribution in [1.29, 1.82) is 0 Å². The van der Waals surface area contributed by atoms with E-state index in [-0.39, 0.29) is 12.5 Å². The largest absolute Gasteiger partial charge is 0.452 e. The van der Waals surface area contributed by atoms with Crippen LogP contribution in [0.15, 0.2) is 48.5 Å². The second-order valence-electron chi connectivity index (χ2n) is 8.05. The number of carbonyl (C=O) groups is 2. The number of hydrogen-bond acceptors (Lipinski definition) is 5. The number of aromatic nitrogens is 1. The third kappa shape index (κ3) is 4.68. The zero-order valence-corrected chi connectivity index (χ0v) is 18.0. The number of anilines is 1. The maximum absolute atomic E-state index is 13.0. The van der Waals surface area contributed by atoms with Gasteiger partial charge in [-0.05, 0) is 55.0 Å². The number of nitrogens with zero attached hydrogens (tertiary/aromatic N) is 2. The van der Waals surface area contributed by atoms with Gasteiger partial charge in [-0.15, -0.1) is 0 Å². The number of benzene rings is 2. The molecule has 0 unspecified atom stereocenters. The third-order valence-corrected chi connectivity index (χ3v) is 5.65. The van der Waals surface area contributed by atoms with Crippen molar-refractivity contribution in [3.05, 3.63) is 70.9 Å². The molecule has 1 amide bonds. The van der Waals surface area contributed by atoms with E-state index in [0.29, 0.717) is 12.1 Å². The van der Waals surface area contributed by atoms with E-state index >= 15 is 0 Å². The molecule has 1 heterocycles. The first-order valence-electron chi connectivity index (χ1n) is 10.6. The van der Waals surface area contributed by atoms with Crippen molar-refractivity contribution in [2.45, 2.75) is 32.2 Å². The number of carbonyl (C=O) groups excluding carboxylic acids is 2. The Kier molecular flexibility index (Phi) is 6.16. The summed E-state index contributed by atoms with van der Waals surface area (Å²) < 4.78 is 5.42. The normalized spacial score (nSPS) is 12.8. The Morgan fingerprint density at radius 1 is 1.03 bits per heavy atom. The highest BCUT2D eigenvalue weighted by Crippen LogP contribution is 2.29. The molecule has 0 fully saturated rings. The number of hydrogen-bond donors (Lipinski definition) is 1. The Morgan fingerprint density at radius 3 is 2.55 bits per heavy atom. The van der Waals surface area contributed by atoms with Gasteiger partial charge in [0.15, 0.2) is 6.61 Å². The molecule has 1 aromatic heterocycles. The van der Waals surface area contributed by atoms with E-state index in [9.17, 15) is 9.59 Å². The first-order valence-corrected chi connectivity index (χ1v) is 10.6. The van der Waals surface area contributed by atoms with Crippen LogP contribution >= 0.6 is 0 Å². The molecule has 3 aromatic rings. The van der Waals surface area contributed by atoms with Gasteiger partial charge in [0.25, 0.3) is 5.91 Å². The van der Waals surface area contributed by atoms with Crippen LogP contribution in [0.25, 0.3) is 10.9 Å². The maximum atomic E-state index is 13.0. The van der Waals surface area contributed by atoms with Crippen LogP contribution in [0.3, 0.4) is 0 Å². The molecule has 0 bridgehead atoms. The van der Waals surface area contributed by atoms with E-state index in [2.05, 4.69) is 5.32 Å². The quantitative estimate of drug-likeness (QED) is 0.620. The van der Waals surface area contributed by atoms with Crippen LogP contribution in [-0.4, -0.2) is 37.6 Å². The molecule has 6 nitrogen and oxygen atoms in total. The van der Waals surface area contributed by atoms with Gasteiger partial charge < -0.3 is 15.0 Å². The Hall–Kier alpha value is -3.41. The van der Waals surface area contributed by atoms with E-state index in [0.717, 1.165) is 59.1 Å². The molecular formula is C25H27N3O3. The zero-order chi connectivity index (χ0) is 21.8. The second kappa shape index (κ2) is 9.16. The van der Waals surface area contributed by atoms with Crippen molar-refractivity contribution in [2.24, 2.45) is 0 Å². The highest BCUT2D eigenvalue weighted by molar-refractivity contribution is 6.05. The van der Waals surface area contributed by atoms with Crippen LogP contribution < -0.4 is 10.2 Å². The summed E-state index contributed by atoms with van der Waals surface area (Å²) in [5.41, 5.74) is 5.38. The zero-order valence-electron chi connectivity index (χ0n) is 18.0. The van der Waals surface area contributed by atoms with Gasteiger partial charge in [0.2, 0.25) is 0 Å². The lowest BCUT2D eigenvalue weighted by Gasteiger charge is -2.20. The van der Waals surface area contributed by atoms with Crippen LogP contribution in [-0.2, 0) is 28.9 Å². The summed E-state index contributed by atoms with van der Waals surface area (Å²) in [5, 5.41) is 3.60. The highest BCUT2D eigenvalue weighted by Gasteiger charge is 2.24. The first kappa shape index (κ1) is 20.8. The second-order valence-corrected chi connectivity index (χ2v) is 8.05. The maximum Gasteiger partial charge on any atom is 0.339 e. The lowest BCUT2D eigenvalue weighted by atomic mass is 9.90. The average molecular weight is 418 g/mol. The van der Waals surface area contributed by atoms with Gasteiger partial charge in [-0.1, -0.05) is 30.3 Å². The molecule has 2 aromatic carbocycles. The molecule has 31 heavy (non-hydrogen) atoms. The van der Waals surface area contributed by atoms with Crippen molar-refractivity contribution in [1.82, 2.24) is 10.3 Å². The van der Waals surface area contributed by atoms with Crippen LogP contribution in [0.2, 0.25) is 0 Å². The van der Waals surface area contributed by atoms with Gasteiger partial charge in [-0.2, -0.15) is 0 Å². The van der Waals surface area contributed by atoms with Crippen molar-refractivity contribution in [3.8, 4) is 0 Å². The summed E-state index contributed by atoms with van der Waals surface area (Å²) in [5.74, 6) is -0.778. The van der Waals surface area contributed by atoms with Crippen molar-refractivity contribution >= 4 is 28.5 Å². The Labute approximate surface area is 182 Å². The summed E-state index contributed by atoms with van der Waals surface area (Å²) >= 11 is 0. The van der Waals surface area contributed by atoms with Gasteiger partial charge in [0.05, 0.1) is 11.1 Å². The van der Waals surface area contributed by atoms with E-state index in [1.807, 2.05) is 67.5 Å².